The summed E-state index contributed by atoms with van der Waals surface area (Å²) in [6.45, 7) is 0.489. The third kappa shape index (κ3) is 3.43. The van der Waals surface area contributed by atoms with E-state index in [2.05, 4.69) is 9.97 Å². The Kier molecular flexibility index (Phi) is 4.01. The molecule has 4 heteroatoms. The Morgan fingerprint density at radius 2 is 1.52 bits per heavy atom. The first-order valence-corrected chi connectivity index (χ1v) is 8.00. The second kappa shape index (κ2) is 6.61. The lowest BCUT2D eigenvalue weighted by Crippen LogP contribution is -1.97. The summed E-state index contributed by atoms with van der Waals surface area (Å²) in [6.07, 6.45) is 3.37. The summed E-state index contributed by atoms with van der Waals surface area (Å²) < 4.78 is 5.71. The molecule has 0 unspecified atom stereocenters. The normalized spacial score (nSPS) is 10.7. The molecule has 0 aliphatic heterocycles. The number of nitrogens with zero attached hydrogens (tertiary/aromatic N) is 2. The molecule has 25 heavy (non-hydrogen) atoms. The second-order valence-electron chi connectivity index (χ2n) is 5.76. The number of hydrogen-bond donors (Lipinski definition) is 1. The summed E-state index contributed by atoms with van der Waals surface area (Å²) in [5.74, 6) is 1.54. The molecule has 0 radical (unpaired) electrons. The highest BCUT2D eigenvalue weighted by molar-refractivity contribution is 5.87. The monoisotopic (exact) mass is 328 g/mol. The van der Waals surface area contributed by atoms with E-state index in [1.807, 2.05) is 54.6 Å². The number of hydrogen-bond acceptors (Lipinski definition) is 4. The number of rotatable bonds is 4. The van der Waals surface area contributed by atoms with Crippen LogP contribution in [0, 0.1) is 0 Å². The van der Waals surface area contributed by atoms with Gasteiger partial charge in [0.1, 0.15) is 12.4 Å². The quantitative estimate of drug-likeness (QED) is 0.596. The molecule has 1 heterocycles. The van der Waals surface area contributed by atoms with Crippen LogP contribution in [0.4, 0.5) is 0 Å². The van der Waals surface area contributed by atoms with Gasteiger partial charge >= 0.3 is 0 Å². The Labute approximate surface area is 145 Å². The Bertz CT molecular complexity index is 999. The SMILES string of the molecule is Oc1ccc2cc(-c3ncc(OCc4ccccc4)cn3)ccc2c1. The molecule has 0 saturated heterocycles. The van der Waals surface area contributed by atoms with Gasteiger partial charge in [0.15, 0.2) is 11.6 Å². The molecule has 0 bridgehead atoms. The van der Waals surface area contributed by atoms with Crippen LogP contribution in [0.3, 0.4) is 0 Å². The third-order valence-corrected chi connectivity index (χ3v) is 3.96. The fourth-order valence-corrected chi connectivity index (χ4v) is 2.65. The number of fused-ring (bicyclic) bond motifs is 1. The largest absolute Gasteiger partial charge is 0.508 e. The first-order chi connectivity index (χ1) is 12.3. The first kappa shape index (κ1) is 15.1. The molecule has 4 nitrogen and oxygen atoms in total. The Morgan fingerprint density at radius 1 is 0.800 bits per heavy atom. The average molecular weight is 328 g/mol. The highest BCUT2D eigenvalue weighted by atomic mass is 16.5. The number of aromatic nitrogens is 2. The average Bonchev–Trinajstić information content (AvgIpc) is 2.67. The van der Waals surface area contributed by atoms with E-state index in [0.717, 1.165) is 21.9 Å². The zero-order valence-corrected chi connectivity index (χ0v) is 13.5. The van der Waals surface area contributed by atoms with Gasteiger partial charge in [-0.05, 0) is 34.5 Å². The van der Waals surface area contributed by atoms with Gasteiger partial charge in [0.2, 0.25) is 0 Å². The van der Waals surface area contributed by atoms with Crippen molar-refractivity contribution in [1.29, 1.82) is 0 Å². The Hall–Kier alpha value is -3.40. The maximum absolute atomic E-state index is 9.54. The van der Waals surface area contributed by atoms with Crippen LogP contribution in [-0.4, -0.2) is 15.1 Å². The van der Waals surface area contributed by atoms with E-state index >= 15 is 0 Å². The molecule has 122 valence electrons. The van der Waals surface area contributed by atoms with E-state index in [-0.39, 0.29) is 5.75 Å². The standard InChI is InChI=1S/C21H16N2O2/c24-19-9-8-16-10-18(7-6-17(16)11-19)21-22-12-20(13-23-21)25-14-15-4-2-1-3-5-15/h1-13,24H,14H2. The van der Waals surface area contributed by atoms with Crippen LogP contribution in [-0.2, 0) is 6.61 Å². The summed E-state index contributed by atoms with van der Waals surface area (Å²) in [5, 5.41) is 11.6. The van der Waals surface area contributed by atoms with Gasteiger partial charge < -0.3 is 9.84 Å². The van der Waals surface area contributed by atoms with Crippen molar-refractivity contribution in [3.05, 3.63) is 84.7 Å². The maximum atomic E-state index is 9.54. The molecule has 4 rings (SSSR count). The van der Waals surface area contributed by atoms with E-state index in [1.165, 1.54) is 0 Å². The zero-order valence-electron chi connectivity index (χ0n) is 13.5. The summed E-state index contributed by atoms with van der Waals surface area (Å²) in [4.78, 5) is 8.80. The van der Waals surface area contributed by atoms with Gasteiger partial charge in [-0.2, -0.15) is 0 Å². The number of phenolic OH excluding ortho intramolecular Hbond substituents is 1. The summed E-state index contributed by atoms with van der Waals surface area (Å²) in [7, 11) is 0. The van der Waals surface area contributed by atoms with E-state index in [0.29, 0.717) is 18.2 Å². The molecular formula is C21H16N2O2. The van der Waals surface area contributed by atoms with Gasteiger partial charge in [0, 0.05) is 5.56 Å². The molecule has 0 atom stereocenters. The molecular weight excluding hydrogens is 312 g/mol. The van der Waals surface area contributed by atoms with Gasteiger partial charge in [-0.3, -0.25) is 0 Å². The van der Waals surface area contributed by atoms with Crippen LogP contribution in [0.5, 0.6) is 11.5 Å². The summed E-state index contributed by atoms with van der Waals surface area (Å²) in [6, 6.07) is 21.2. The molecule has 1 N–H and O–H groups in total. The highest BCUT2D eigenvalue weighted by Crippen LogP contribution is 2.25. The van der Waals surface area contributed by atoms with Crippen molar-refractivity contribution in [3.8, 4) is 22.9 Å². The molecule has 0 amide bonds. The Morgan fingerprint density at radius 3 is 2.32 bits per heavy atom. The van der Waals surface area contributed by atoms with Crippen molar-refractivity contribution in [1.82, 2.24) is 9.97 Å². The van der Waals surface area contributed by atoms with E-state index in [4.69, 9.17) is 4.74 Å². The van der Waals surface area contributed by atoms with E-state index < -0.39 is 0 Å². The van der Waals surface area contributed by atoms with Crippen molar-refractivity contribution in [2.24, 2.45) is 0 Å². The van der Waals surface area contributed by atoms with Crippen LogP contribution in [0.15, 0.2) is 79.1 Å². The van der Waals surface area contributed by atoms with Crippen molar-refractivity contribution in [2.45, 2.75) is 6.61 Å². The van der Waals surface area contributed by atoms with Crippen LogP contribution >= 0.6 is 0 Å². The molecule has 0 fully saturated rings. The number of aromatic hydroxyl groups is 1. The fraction of sp³-hybridized carbons (Fsp3) is 0.0476. The van der Waals surface area contributed by atoms with Crippen molar-refractivity contribution < 1.29 is 9.84 Å². The van der Waals surface area contributed by atoms with Crippen molar-refractivity contribution in [3.63, 3.8) is 0 Å². The minimum Gasteiger partial charge on any atom is -0.508 e. The van der Waals surface area contributed by atoms with Crippen LogP contribution in [0.2, 0.25) is 0 Å². The van der Waals surface area contributed by atoms with E-state index in [9.17, 15) is 5.11 Å². The van der Waals surface area contributed by atoms with Crippen LogP contribution in [0.1, 0.15) is 5.56 Å². The smallest absolute Gasteiger partial charge is 0.159 e. The zero-order chi connectivity index (χ0) is 17.1. The van der Waals surface area contributed by atoms with Gasteiger partial charge in [0.25, 0.3) is 0 Å². The fourth-order valence-electron chi connectivity index (χ4n) is 2.65. The molecule has 0 saturated carbocycles. The topological polar surface area (TPSA) is 55.2 Å². The van der Waals surface area contributed by atoms with Gasteiger partial charge in [0.05, 0.1) is 12.4 Å². The number of ether oxygens (including phenoxy) is 1. The van der Waals surface area contributed by atoms with Gasteiger partial charge in [-0.1, -0.05) is 48.5 Å². The second-order valence-corrected chi connectivity index (χ2v) is 5.76. The lowest BCUT2D eigenvalue weighted by molar-refractivity contribution is 0.303. The predicted octanol–water partition coefficient (Wildman–Crippen LogP) is 4.58. The Balaban J connectivity index is 1.52. The molecule has 1 aromatic heterocycles. The molecule has 0 spiro atoms. The van der Waals surface area contributed by atoms with Crippen LogP contribution in [0.25, 0.3) is 22.2 Å². The van der Waals surface area contributed by atoms with Gasteiger partial charge in [-0.25, -0.2) is 9.97 Å². The third-order valence-electron chi connectivity index (χ3n) is 3.96. The molecule has 3 aromatic carbocycles. The lowest BCUT2D eigenvalue weighted by atomic mass is 10.1. The first-order valence-electron chi connectivity index (χ1n) is 8.00. The van der Waals surface area contributed by atoms with Crippen LogP contribution < -0.4 is 4.74 Å². The number of benzene rings is 3. The summed E-state index contributed by atoms with van der Waals surface area (Å²) >= 11 is 0. The highest BCUT2D eigenvalue weighted by Gasteiger charge is 2.04. The molecule has 0 aliphatic carbocycles. The minimum absolute atomic E-state index is 0.261. The maximum Gasteiger partial charge on any atom is 0.159 e. The number of phenols is 1. The van der Waals surface area contributed by atoms with Crippen molar-refractivity contribution >= 4 is 10.8 Å². The molecule has 0 aliphatic rings. The van der Waals surface area contributed by atoms with Gasteiger partial charge in [-0.15, -0.1) is 0 Å². The minimum atomic E-state index is 0.261. The van der Waals surface area contributed by atoms with Crippen molar-refractivity contribution in [2.75, 3.05) is 0 Å². The predicted molar refractivity (Wildman–Crippen MR) is 97.4 cm³/mol. The summed E-state index contributed by atoms with van der Waals surface area (Å²) in [5.41, 5.74) is 2.03. The molecule has 4 aromatic rings. The lowest BCUT2D eigenvalue weighted by Gasteiger charge is -2.07. The van der Waals surface area contributed by atoms with E-state index in [1.54, 1.807) is 24.5 Å².